The lowest BCUT2D eigenvalue weighted by molar-refractivity contribution is 0.217. The molecule has 1 rings (SSSR count). The summed E-state index contributed by atoms with van der Waals surface area (Å²) in [7, 11) is 0. The first-order valence-corrected chi connectivity index (χ1v) is 4.80. The molecule has 0 unspecified atom stereocenters. The predicted octanol–water partition coefficient (Wildman–Crippen LogP) is 2.28. The van der Waals surface area contributed by atoms with E-state index in [1.54, 1.807) is 0 Å². The van der Waals surface area contributed by atoms with Gasteiger partial charge in [-0.2, -0.15) is 0 Å². The van der Waals surface area contributed by atoms with Crippen molar-refractivity contribution in [3.8, 4) is 5.75 Å². The zero-order valence-electron chi connectivity index (χ0n) is 9.26. The van der Waals surface area contributed by atoms with Crippen LogP contribution in [0.3, 0.4) is 0 Å². The molecular weight excluding hydrogens is 176 g/mol. The maximum absolute atomic E-state index is 9.76. The standard InChI is InChI=1S/C12H18O2/c1-8-5-6-10(9(2)11(8)14)12(3,4)7-13/h5-6,13-14H,7H2,1-4H3. The third-order valence-corrected chi connectivity index (χ3v) is 2.76. The Balaban J connectivity index is 3.31. The Bertz CT molecular complexity index is 340. The summed E-state index contributed by atoms with van der Waals surface area (Å²) in [6, 6.07) is 3.86. The van der Waals surface area contributed by atoms with Crippen LogP contribution in [0.1, 0.15) is 30.5 Å². The predicted molar refractivity (Wildman–Crippen MR) is 57.7 cm³/mol. The van der Waals surface area contributed by atoms with Crippen molar-refractivity contribution in [3.05, 3.63) is 28.8 Å². The quantitative estimate of drug-likeness (QED) is 0.758. The summed E-state index contributed by atoms with van der Waals surface area (Å²) in [6.45, 7) is 7.76. The van der Waals surface area contributed by atoms with Crippen molar-refractivity contribution >= 4 is 0 Å². The van der Waals surface area contributed by atoms with E-state index in [2.05, 4.69) is 0 Å². The second-order valence-electron chi connectivity index (χ2n) is 4.45. The minimum Gasteiger partial charge on any atom is -0.507 e. The monoisotopic (exact) mass is 194 g/mol. The van der Waals surface area contributed by atoms with Gasteiger partial charge in [0.15, 0.2) is 0 Å². The average Bonchev–Trinajstić information content (AvgIpc) is 2.14. The molecule has 0 aromatic heterocycles. The number of hydrogen-bond acceptors (Lipinski definition) is 2. The summed E-state index contributed by atoms with van der Waals surface area (Å²) in [6.07, 6.45) is 0. The highest BCUT2D eigenvalue weighted by atomic mass is 16.3. The van der Waals surface area contributed by atoms with Crippen molar-refractivity contribution in [2.45, 2.75) is 33.1 Å². The molecule has 78 valence electrons. The van der Waals surface area contributed by atoms with Crippen LogP contribution in [0.5, 0.6) is 5.75 Å². The van der Waals surface area contributed by atoms with Gasteiger partial charge in [0.05, 0.1) is 6.61 Å². The molecule has 0 saturated carbocycles. The van der Waals surface area contributed by atoms with Gasteiger partial charge in [0.25, 0.3) is 0 Å². The van der Waals surface area contributed by atoms with Gasteiger partial charge in [-0.3, -0.25) is 0 Å². The van der Waals surface area contributed by atoms with Crippen molar-refractivity contribution < 1.29 is 10.2 Å². The van der Waals surface area contributed by atoms with E-state index >= 15 is 0 Å². The van der Waals surface area contributed by atoms with E-state index < -0.39 is 0 Å². The topological polar surface area (TPSA) is 40.5 Å². The highest BCUT2D eigenvalue weighted by Crippen LogP contribution is 2.32. The summed E-state index contributed by atoms with van der Waals surface area (Å²) in [5.74, 6) is 0.337. The normalized spacial score (nSPS) is 11.8. The van der Waals surface area contributed by atoms with Gasteiger partial charge < -0.3 is 10.2 Å². The third-order valence-electron chi connectivity index (χ3n) is 2.76. The first-order valence-electron chi connectivity index (χ1n) is 4.80. The molecule has 1 aromatic rings. The van der Waals surface area contributed by atoms with E-state index in [-0.39, 0.29) is 12.0 Å². The Kier molecular flexibility index (Phi) is 2.86. The van der Waals surface area contributed by atoms with Crippen LogP contribution >= 0.6 is 0 Å². The van der Waals surface area contributed by atoms with Crippen molar-refractivity contribution in [2.24, 2.45) is 0 Å². The lowest BCUT2D eigenvalue weighted by atomic mass is 9.82. The molecule has 1 aromatic carbocycles. The van der Waals surface area contributed by atoms with Gasteiger partial charge in [0.2, 0.25) is 0 Å². The fourth-order valence-corrected chi connectivity index (χ4v) is 1.65. The van der Waals surface area contributed by atoms with Gasteiger partial charge in [-0.25, -0.2) is 0 Å². The van der Waals surface area contributed by atoms with Crippen LogP contribution in [0.25, 0.3) is 0 Å². The maximum atomic E-state index is 9.76. The molecule has 0 radical (unpaired) electrons. The largest absolute Gasteiger partial charge is 0.507 e. The van der Waals surface area contributed by atoms with E-state index in [1.165, 1.54) is 0 Å². The Labute approximate surface area is 85.2 Å². The molecule has 0 aliphatic carbocycles. The highest BCUT2D eigenvalue weighted by Gasteiger charge is 2.22. The molecule has 2 N–H and O–H groups in total. The van der Waals surface area contributed by atoms with Crippen LogP contribution in [-0.4, -0.2) is 16.8 Å². The van der Waals surface area contributed by atoms with Crippen molar-refractivity contribution in [2.75, 3.05) is 6.61 Å². The second kappa shape index (κ2) is 3.62. The smallest absolute Gasteiger partial charge is 0.121 e. The van der Waals surface area contributed by atoms with Gasteiger partial charge in [0.1, 0.15) is 5.75 Å². The van der Waals surface area contributed by atoms with Crippen LogP contribution in [0.2, 0.25) is 0 Å². The summed E-state index contributed by atoms with van der Waals surface area (Å²) >= 11 is 0. The molecule has 0 fully saturated rings. The zero-order valence-corrected chi connectivity index (χ0v) is 9.26. The first kappa shape index (κ1) is 11.1. The molecule has 2 heteroatoms. The number of benzene rings is 1. The molecule has 0 amide bonds. The van der Waals surface area contributed by atoms with E-state index in [1.807, 2.05) is 39.8 Å². The van der Waals surface area contributed by atoms with Crippen molar-refractivity contribution in [1.29, 1.82) is 0 Å². The third kappa shape index (κ3) is 1.75. The lowest BCUT2D eigenvalue weighted by Crippen LogP contribution is -2.23. The Morgan fingerprint density at radius 3 is 2.29 bits per heavy atom. The first-order chi connectivity index (χ1) is 6.40. The Morgan fingerprint density at radius 2 is 1.79 bits per heavy atom. The number of phenols is 1. The number of phenolic OH excluding ortho intramolecular Hbond substituents is 1. The van der Waals surface area contributed by atoms with Crippen molar-refractivity contribution in [3.63, 3.8) is 0 Å². The molecule has 14 heavy (non-hydrogen) atoms. The molecule has 2 nitrogen and oxygen atoms in total. The van der Waals surface area contributed by atoms with E-state index in [0.717, 1.165) is 16.7 Å². The lowest BCUT2D eigenvalue weighted by Gasteiger charge is -2.25. The van der Waals surface area contributed by atoms with Gasteiger partial charge in [-0.1, -0.05) is 26.0 Å². The summed E-state index contributed by atoms with van der Waals surface area (Å²) in [4.78, 5) is 0. The van der Waals surface area contributed by atoms with Gasteiger partial charge >= 0.3 is 0 Å². The molecule has 0 heterocycles. The van der Waals surface area contributed by atoms with E-state index in [9.17, 15) is 10.2 Å². The van der Waals surface area contributed by atoms with E-state index in [0.29, 0.717) is 5.75 Å². The van der Waals surface area contributed by atoms with Crippen LogP contribution in [0.15, 0.2) is 12.1 Å². The number of aliphatic hydroxyl groups is 1. The number of aromatic hydroxyl groups is 1. The minimum atomic E-state index is -0.296. The van der Waals surface area contributed by atoms with Gasteiger partial charge in [-0.05, 0) is 30.5 Å². The fraction of sp³-hybridized carbons (Fsp3) is 0.500. The minimum absolute atomic E-state index is 0.0797. The number of aliphatic hydroxyl groups excluding tert-OH is 1. The Hall–Kier alpha value is -1.02. The highest BCUT2D eigenvalue weighted by molar-refractivity contribution is 5.46. The maximum Gasteiger partial charge on any atom is 0.121 e. The van der Waals surface area contributed by atoms with Crippen LogP contribution < -0.4 is 0 Å². The van der Waals surface area contributed by atoms with Crippen molar-refractivity contribution in [1.82, 2.24) is 0 Å². The SMILES string of the molecule is Cc1ccc(C(C)(C)CO)c(C)c1O. The van der Waals surface area contributed by atoms with Crippen LogP contribution in [0.4, 0.5) is 0 Å². The summed E-state index contributed by atoms with van der Waals surface area (Å²) in [5, 5.41) is 19.0. The van der Waals surface area contributed by atoms with Gasteiger partial charge in [0, 0.05) is 5.41 Å². The summed E-state index contributed by atoms with van der Waals surface area (Å²) < 4.78 is 0. The molecular formula is C12H18O2. The van der Waals surface area contributed by atoms with Crippen LogP contribution in [0, 0.1) is 13.8 Å². The molecule has 0 spiro atoms. The summed E-state index contributed by atoms with van der Waals surface area (Å²) in [5.41, 5.74) is 2.45. The fourth-order valence-electron chi connectivity index (χ4n) is 1.65. The molecule has 0 aliphatic heterocycles. The Morgan fingerprint density at radius 1 is 1.21 bits per heavy atom. The molecule has 0 bridgehead atoms. The molecule has 0 saturated heterocycles. The molecule has 0 atom stereocenters. The number of hydrogen-bond donors (Lipinski definition) is 2. The number of rotatable bonds is 2. The van der Waals surface area contributed by atoms with Gasteiger partial charge in [-0.15, -0.1) is 0 Å². The van der Waals surface area contributed by atoms with Crippen LogP contribution in [-0.2, 0) is 5.41 Å². The number of aryl methyl sites for hydroxylation is 1. The second-order valence-corrected chi connectivity index (χ2v) is 4.45. The average molecular weight is 194 g/mol. The molecule has 0 aliphatic rings. The zero-order chi connectivity index (χ0) is 10.9. The van der Waals surface area contributed by atoms with E-state index in [4.69, 9.17) is 0 Å².